The van der Waals surface area contributed by atoms with Gasteiger partial charge in [0, 0.05) is 18.6 Å². The molecule has 3 rings (SSSR count). The van der Waals surface area contributed by atoms with Gasteiger partial charge in [-0.25, -0.2) is 4.98 Å². The minimum atomic E-state index is -0.262. The molecule has 0 spiro atoms. The average molecular weight is 302 g/mol. The number of amides is 1. The lowest BCUT2D eigenvalue weighted by molar-refractivity contribution is 0.0684. The third kappa shape index (κ3) is 2.75. The maximum atomic E-state index is 12.4. The maximum Gasteiger partial charge on any atom is 0.270 e. The SMILES string of the molecule is COc1cc(C(=O)N[C@H]2COC[C@@H]2OC)nc2ccccc12. The highest BCUT2D eigenvalue weighted by Gasteiger charge is 2.30. The summed E-state index contributed by atoms with van der Waals surface area (Å²) >= 11 is 0. The molecule has 2 atom stereocenters. The molecule has 1 N–H and O–H groups in total. The first kappa shape index (κ1) is 14.7. The molecule has 0 saturated carbocycles. The van der Waals surface area contributed by atoms with Crippen LogP contribution in [0.4, 0.5) is 0 Å². The van der Waals surface area contributed by atoms with Crippen molar-refractivity contribution in [3.63, 3.8) is 0 Å². The van der Waals surface area contributed by atoms with Gasteiger partial charge >= 0.3 is 0 Å². The lowest BCUT2D eigenvalue weighted by Crippen LogP contribution is -2.43. The van der Waals surface area contributed by atoms with Gasteiger partial charge in [-0.2, -0.15) is 0 Å². The molecule has 1 amide bonds. The number of rotatable bonds is 4. The molecule has 1 aliphatic heterocycles. The van der Waals surface area contributed by atoms with Gasteiger partial charge in [-0.1, -0.05) is 12.1 Å². The number of aromatic nitrogens is 1. The molecular weight excluding hydrogens is 284 g/mol. The van der Waals surface area contributed by atoms with Gasteiger partial charge in [0.05, 0.1) is 31.9 Å². The number of hydrogen-bond acceptors (Lipinski definition) is 5. The Kier molecular flexibility index (Phi) is 4.22. The van der Waals surface area contributed by atoms with E-state index in [4.69, 9.17) is 14.2 Å². The Hall–Kier alpha value is -2.18. The van der Waals surface area contributed by atoms with Gasteiger partial charge in [0.1, 0.15) is 17.5 Å². The number of nitrogens with one attached hydrogen (secondary N) is 1. The third-order valence-electron chi connectivity index (χ3n) is 3.78. The van der Waals surface area contributed by atoms with E-state index in [2.05, 4.69) is 10.3 Å². The topological polar surface area (TPSA) is 69.7 Å². The Morgan fingerprint density at radius 3 is 2.91 bits per heavy atom. The number of fused-ring (bicyclic) bond motifs is 1. The molecule has 2 heterocycles. The van der Waals surface area contributed by atoms with E-state index in [1.54, 1.807) is 20.3 Å². The van der Waals surface area contributed by atoms with Crippen molar-refractivity contribution < 1.29 is 19.0 Å². The number of nitrogens with zero attached hydrogens (tertiary/aromatic N) is 1. The van der Waals surface area contributed by atoms with Crippen molar-refractivity contribution in [3.8, 4) is 5.75 Å². The zero-order valence-corrected chi connectivity index (χ0v) is 12.5. The highest BCUT2D eigenvalue weighted by Crippen LogP contribution is 2.25. The van der Waals surface area contributed by atoms with E-state index in [1.165, 1.54) is 0 Å². The van der Waals surface area contributed by atoms with Crippen LogP contribution >= 0.6 is 0 Å². The van der Waals surface area contributed by atoms with Crippen molar-refractivity contribution in [2.24, 2.45) is 0 Å². The molecular formula is C16H18N2O4. The van der Waals surface area contributed by atoms with Gasteiger partial charge < -0.3 is 19.5 Å². The predicted octanol–water partition coefficient (Wildman–Crippen LogP) is 1.39. The van der Waals surface area contributed by atoms with Crippen LogP contribution in [0.5, 0.6) is 5.75 Å². The van der Waals surface area contributed by atoms with E-state index in [-0.39, 0.29) is 18.1 Å². The van der Waals surface area contributed by atoms with Gasteiger partial charge in [0.25, 0.3) is 5.91 Å². The molecule has 0 radical (unpaired) electrons. The predicted molar refractivity (Wildman–Crippen MR) is 81.2 cm³/mol. The van der Waals surface area contributed by atoms with Crippen LogP contribution in [0.3, 0.4) is 0 Å². The first-order valence-electron chi connectivity index (χ1n) is 7.08. The smallest absolute Gasteiger partial charge is 0.270 e. The van der Waals surface area contributed by atoms with Gasteiger partial charge in [0.15, 0.2) is 0 Å². The standard InChI is InChI=1S/C16H18N2O4/c1-20-14-7-12(17-11-6-4-3-5-10(11)14)16(19)18-13-8-22-9-15(13)21-2/h3-7,13,15H,8-9H2,1-2H3,(H,18,19)/t13-,15-/m0/s1. The fourth-order valence-electron chi connectivity index (χ4n) is 2.57. The molecule has 116 valence electrons. The lowest BCUT2D eigenvalue weighted by Gasteiger charge is -2.17. The summed E-state index contributed by atoms with van der Waals surface area (Å²) in [6, 6.07) is 9.03. The Morgan fingerprint density at radius 2 is 2.14 bits per heavy atom. The molecule has 1 fully saturated rings. The first-order valence-corrected chi connectivity index (χ1v) is 7.08. The summed E-state index contributed by atoms with van der Waals surface area (Å²) in [5, 5.41) is 3.78. The van der Waals surface area contributed by atoms with Crippen molar-refractivity contribution in [2.45, 2.75) is 12.1 Å². The fourth-order valence-corrected chi connectivity index (χ4v) is 2.57. The number of ether oxygens (including phenoxy) is 3. The monoisotopic (exact) mass is 302 g/mol. The van der Waals surface area contributed by atoms with Crippen LogP contribution in [-0.4, -0.2) is 50.5 Å². The van der Waals surface area contributed by atoms with Gasteiger partial charge in [-0.05, 0) is 12.1 Å². The van der Waals surface area contributed by atoms with Crippen LogP contribution in [0, 0.1) is 0 Å². The van der Waals surface area contributed by atoms with Crippen LogP contribution in [0.15, 0.2) is 30.3 Å². The molecule has 0 aliphatic carbocycles. The number of hydrogen-bond donors (Lipinski definition) is 1. The summed E-state index contributed by atoms with van der Waals surface area (Å²) in [7, 11) is 3.19. The minimum absolute atomic E-state index is 0.133. The molecule has 6 heteroatoms. The zero-order valence-electron chi connectivity index (χ0n) is 12.5. The second kappa shape index (κ2) is 6.29. The largest absolute Gasteiger partial charge is 0.496 e. The first-order chi connectivity index (χ1) is 10.7. The molecule has 2 aromatic rings. The molecule has 1 aromatic carbocycles. The lowest BCUT2D eigenvalue weighted by atomic mass is 10.1. The summed E-state index contributed by atoms with van der Waals surface area (Å²) in [6.07, 6.45) is -0.133. The summed E-state index contributed by atoms with van der Waals surface area (Å²) in [6.45, 7) is 0.922. The number of pyridine rings is 1. The molecule has 6 nitrogen and oxygen atoms in total. The van der Waals surface area contributed by atoms with Crippen molar-refractivity contribution in [3.05, 3.63) is 36.0 Å². The van der Waals surface area contributed by atoms with E-state index < -0.39 is 0 Å². The van der Waals surface area contributed by atoms with Crippen LogP contribution in [-0.2, 0) is 9.47 Å². The van der Waals surface area contributed by atoms with Crippen LogP contribution in [0.1, 0.15) is 10.5 Å². The molecule has 0 bridgehead atoms. The Labute approximate surface area is 128 Å². The van der Waals surface area contributed by atoms with Crippen molar-refractivity contribution in [1.82, 2.24) is 10.3 Å². The number of para-hydroxylation sites is 1. The summed E-state index contributed by atoms with van der Waals surface area (Å²) in [5.74, 6) is 0.364. The highest BCUT2D eigenvalue weighted by molar-refractivity contribution is 5.97. The average Bonchev–Trinajstić information content (AvgIpc) is 3.00. The minimum Gasteiger partial charge on any atom is -0.496 e. The maximum absolute atomic E-state index is 12.4. The van der Waals surface area contributed by atoms with Crippen molar-refractivity contribution in [2.75, 3.05) is 27.4 Å². The highest BCUT2D eigenvalue weighted by atomic mass is 16.5. The normalized spacial score (nSPS) is 21.0. The van der Waals surface area contributed by atoms with Crippen LogP contribution in [0.2, 0.25) is 0 Å². The number of benzene rings is 1. The van der Waals surface area contributed by atoms with Crippen LogP contribution in [0.25, 0.3) is 10.9 Å². The number of carbonyl (C=O) groups excluding carboxylic acids is 1. The third-order valence-corrected chi connectivity index (χ3v) is 3.78. The Bertz CT molecular complexity index is 689. The van der Waals surface area contributed by atoms with E-state index in [0.717, 1.165) is 10.9 Å². The summed E-state index contributed by atoms with van der Waals surface area (Å²) in [5.41, 5.74) is 1.04. The molecule has 1 aromatic heterocycles. The van der Waals surface area contributed by atoms with Crippen LogP contribution < -0.4 is 10.1 Å². The Balaban J connectivity index is 1.87. The summed E-state index contributed by atoms with van der Waals surface area (Å²) in [4.78, 5) is 16.8. The molecule has 0 unspecified atom stereocenters. The quantitative estimate of drug-likeness (QED) is 0.924. The Morgan fingerprint density at radius 1 is 1.32 bits per heavy atom. The fraction of sp³-hybridized carbons (Fsp3) is 0.375. The van der Waals surface area contributed by atoms with Crippen molar-refractivity contribution >= 4 is 16.8 Å². The van der Waals surface area contributed by atoms with E-state index in [1.807, 2.05) is 24.3 Å². The van der Waals surface area contributed by atoms with Gasteiger partial charge in [-0.3, -0.25) is 4.79 Å². The number of carbonyl (C=O) groups is 1. The summed E-state index contributed by atoms with van der Waals surface area (Å²) < 4.78 is 16.0. The molecule has 1 aliphatic rings. The number of methoxy groups -OCH3 is 2. The second-order valence-electron chi connectivity index (χ2n) is 5.12. The van der Waals surface area contributed by atoms with E-state index >= 15 is 0 Å². The second-order valence-corrected chi connectivity index (χ2v) is 5.12. The molecule has 1 saturated heterocycles. The van der Waals surface area contributed by atoms with E-state index in [9.17, 15) is 4.79 Å². The van der Waals surface area contributed by atoms with E-state index in [0.29, 0.717) is 24.7 Å². The van der Waals surface area contributed by atoms with Crippen molar-refractivity contribution in [1.29, 1.82) is 0 Å². The van der Waals surface area contributed by atoms with Gasteiger partial charge in [-0.15, -0.1) is 0 Å². The zero-order chi connectivity index (χ0) is 15.5. The van der Waals surface area contributed by atoms with Gasteiger partial charge in [0.2, 0.25) is 0 Å². The molecule has 22 heavy (non-hydrogen) atoms.